The quantitative estimate of drug-likeness (QED) is 0.200. The van der Waals surface area contributed by atoms with Gasteiger partial charge in [-0.05, 0) is 37.1 Å². The van der Waals surface area contributed by atoms with Crippen molar-refractivity contribution < 1.29 is 27.1 Å². The lowest BCUT2D eigenvalue weighted by Crippen LogP contribution is -2.45. The van der Waals surface area contributed by atoms with Crippen LogP contribution in [0, 0.1) is 11.6 Å². The third-order valence-corrected chi connectivity index (χ3v) is 4.44. The predicted octanol–water partition coefficient (Wildman–Crippen LogP) is 3.25. The van der Waals surface area contributed by atoms with Gasteiger partial charge in [0.15, 0.2) is 5.96 Å². The third kappa shape index (κ3) is 7.02. The van der Waals surface area contributed by atoms with Crippen molar-refractivity contribution in [3.8, 4) is 0 Å². The molecule has 0 bridgehead atoms. The minimum absolute atomic E-state index is 0. The third-order valence-electron chi connectivity index (χ3n) is 4.44. The molecular weight excluding hydrogens is 536 g/mol. The summed E-state index contributed by atoms with van der Waals surface area (Å²) in [6, 6.07) is 3.12. The van der Waals surface area contributed by atoms with Crippen LogP contribution in [0.5, 0.6) is 0 Å². The lowest BCUT2D eigenvalue weighted by atomic mass is 9.98. The van der Waals surface area contributed by atoms with Crippen molar-refractivity contribution >= 4 is 29.9 Å². The molecule has 1 atom stereocenters. The minimum atomic E-state index is -4.94. The van der Waals surface area contributed by atoms with Crippen LogP contribution in [0.2, 0.25) is 0 Å². The van der Waals surface area contributed by atoms with Crippen LogP contribution in [-0.2, 0) is 19.1 Å². The molecule has 0 saturated heterocycles. The van der Waals surface area contributed by atoms with Gasteiger partial charge >= 0.3 is 6.18 Å². The Hall–Kier alpha value is -1.96. The molecule has 1 heterocycles. The molecule has 12 heteroatoms. The van der Waals surface area contributed by atoms with E-state index in [-0.39, 0.29) is 55.0 Å². The number of alkyl halides is 3. The molecule has 0 saturated carbocycles. The first-order valence-corrected chi connectivity index (χ1v) is 9.31. The van der Waals surface area contributed by atoms with Crippen LogP contribution in [-0.4, -0.2) is 46.4 Å². The lowest BCUT2D eigenvalue weighted by Gasteiger charge is -2.29. The number of aromatic nitrogens is 2. The molecule has 6 nitrogen and oxygen atoms in total. The fraction of sp³-hybridized carbons (Fsp3) is 0.474. The average Bonchev–Trinajstić information content (AvgIpc) is 3.10. The summed E-state index contributed by atoms with van der Waals surface area (Å²) in [7, 11) is 1.36. The number of guanidine groups is 1. The number of hydrogen-bond donors (Lipinski definition) is 3. The SMILES string of the molecule is CCNC(=NCCC(O)(c1nccn1C)C(F)(F)F)NCCc1cc(F)ccc1F.I. The first-order chi connectivity index (χ1) is 14.1. The van der Waals surface area contributed by atoms with E-state index in [0.717, 1.165) is 22.8 Å². The molecule has 1 unspecified atom stereocenters. The maximum absolute atomic E-state index is 13.7. The van der Waals surface area contributed by atoms with Gasteiger partial charge in [-0.1, -0.05) is 0 Å². The molecule has 2 aromatic rings. The van der Waals surface area contributed by atoms with E-state index in [4.69, 9.17) is 0 Å². The standard InChI is InChI=1S/C19H24F5N5O.HI/c1-3-25-17(27-8-6-13-12-14(20)4-5-15(13)21)28-9-7-18(30,19(22,23)24)16-26-10-11-29(16)2;/h4-5,10-12,30H,3,6-9H2,1-2H3,(H2,25,27,28);1H. The van der Waals surface area contributed by atoms with Crippen molar-refractivity contribution in [2.45, 2.75) is 31.5 Å². The molecule has 0 aliphatic carbocycles. The van der Waals surface area contributed by atoms with E-state index in [2.05, 4.69) is 20.6 Å². The molecule has 0 aliphatic heterocycles. The highest BCUT2D eigenvalue weighted by Crippen LogP contribution is 2.40. The molecule has 2 rings (SSSR count). The zero-order valence-electron chi connectivity index (χ0n) is 17.0. The second kappa shape index (κ2) is 11.6. The highest BCUT2D eigenvalue weighted by molar-refractivity contribution is 14.0. The summed E-state index contributed by atoms with van der Waals surface area (Å²) in [4.78, 5) is 7.69. The predicted molar refractivity (Wildman–Crippen MR) is 117 cm³/mol. The van der Waals surface area contributed by atoms with E-state index < -0.39 is 35.7 Å². The van der Waals surface area contributed by atoms with Gasteiger partial charge in [0.2, 0.25) is 5.60 Å². The molecular formula is C19H25F5IN5O. The maximum Gasteiger partial charge on any atom is 0.424 e. The van der Waals surface area contributed by atoms with Crippen molar-refractivity contribution in [1.82, 2.24) is 20.2 Å². The number of rotatable bonds is 8. The summed E-state index contributed by atoms with van der Waals surface area (Å²) in [6.45, 7) is 2.02. The topological polar surface area (TPSA) is 74.5 Å². The zero-order valence-corrected chi connectivity index (χ0v) is 19.3. The Balaban J connectivity index is 0.00000480. The van der Waals surface area contributed by atoms with Crippen LogP contribution < -0.4 is 10.6 Å². The van der Waals surface area contributed by atoms with Crippen molar-refractivity contribution in [2.75, 3.05) is 19.6 Å². The number of halogens is 6. The molecule has 3 N–H and O–H groups in total. The van der Waals surface area contributed by atoms with Crippen LogP contribution in [0.4, 0.5) is 22.0 Å². The Kier molecular flexibility index (Phi) is 10.1. The molecule has 1 aromatic carbocycles. The smallest absolute Gasteiger partial charge is 0.374 e. The number of nitrogens with zero attached hydrogens (tertiary/aromatic N) is 3. The van der Waals surface area contributed by atoms with Crippen LogP contribution in [0.1, 0.15) is 24.7 Å². The fourth-order valence-corrected chi connectivity index (χ4v) is 2.87. The van der Waals surface area contributed by atoms with Crippen molar-refractivity contribution in [1.29, 1.82) is 0 Å². The molecule has 174 valence electrons. The summed E-state index contributed by atoms with van der Waals surface area (Å²) in [6.07, 6.45) is -3.05. The monoisotopic (exact) mass is 561 g/mol. The Morgan fingerprint density at radius 3 is 2.52 bits per heavy atom. The highest BCUT2D eigenvalue weighted by Gasteiger charge is 2.57. The average molecular weight is 561 g/mol. The van der Waals surface area contributed by atoms with Crippen LogP contribution in [0.25, 0.3) is 0 Å². The first-order valence-electron chi connectivity index (χ1n) is 9.31. The van der Waals surface area contributed by atoms with Crippen LogP contribution >= 0.6 is 24.0 Å². The molecule has 0 radical (unpaired) electrons. The van der Waals surface area contributed by atoms with Gasteiger partial charge in [-0.2, -0.15) is 13.2 Å². The molecule has 0 amide bonds. The first kappa shape index (κ1) is 27.1. The summed E-state index contributed by atoms with van der Waals surface area (Å²) in [5, 5.41) is 16.0. The number of aryl methyl sites for hydroxylation is 1. The van der Waals surface area contributed by atoms with Crippen LogP contribution in [0.15, 0.2) is 35.6 Å². The van der Waals surface area contributed by atoms with E-state index in [0.29, 0.717) is 6.54 Å². The molecule has 0 spiro atoms. The van der Waals surface area contributed by atoms with Crippen molar-refractivity contribution in [2.24, 2.45) is 12.0 Å². The normalized spacial score (nSPS) is 14.0. The van der Waals surface area contributed by atoms with Gasteiger partial charge in [-0.25, -0.2) is 13.8 Å². The van der Waals surface area contributed by atoms with Gasteiger partial charge in [0.25, 0.3) is 0 Å². The number of nitrogens with one attached hydrogen (secondary N) is 2. The molecule has 0 fully saturated rings. The molecule has 31 heavy (non-hydrogen) atoms. The highest BCUT2D eigenvalue weighted by atomic mass is 127. The zero-order chi connectivity index (χ0) is 22.4. The summed E-state index contributed by atoms with van der Waals surface area (Å²) in [5.41, 5.74) is -2.99. The largest absolute Gasteiger partial charge is 0.424 e. The van der Waals surface area contributed by atoms with Gasteiger partial charge in [0.05, 0.1) is 0 Å². The van der Waals surface area contributed by atoms with E-state index >= 15 is 0 Å². The van der Waals surface area contributed by atoms with Crippen molar-refractivity contribution in [3.05, 3.63) is 53.6 Å². The van der Waals surface area contributed by atoms with Gasteiger partial charge < -0.3 is 20.3 Å². The number of benzene rings is 1. The Bertz CT molecular complexity index is 874. The molecule has 1 aromatic heterocycles. The Morgan fingerprint density at radius 2 is 1.94 bits per heavy atom. The summed E-state index contributed by atoms with van der Waals surface area (Å²) in [5.74, 6) is -1.44. The second-order valence-corrected chi connectivity index (χ2v) is 6.64. The minimum Gasteiger partial charge on any atom is -0.374 e. The van der Waals surface area contributed by atoms with Gasteiger partial charge in [0, 0.05) is 45.5 Å². The van der Waals surface area contributed by atoms with E-state index in [1.807, 2.05) is 0 Å². The number of imidazole rings is 1. The number of hydrogen-bond acceptors (Lipinski definition) is 3. The molecule has 0 aliphatic rings. The summed E-state index contributed by atoms with van der Waals surface area (Å²) >= 11 is 0. The van der Waals surface area contributed by atoms with Crippen molar-refractivity contribution in [3.63, 3.8) is 0 Å². The number of aliphatic hydroxyl groups is 1. The van der Waals surface area contributed by atoms with Crippen LogP contribution in [0.3, 0.4) is 0 Å². The van der Waals surface area contributed by atoms with E-state index in [9.17, 15) is 27.1 Å². The number of aliphatic imine (C=N–C) groups is 1. The Morgan fingerprint density at radius 1 is 1.23 bits per heavy atom. The van der Waals surface area contributed by atoms with E-state index in [1.54, 1.807) is 6.92 Å². The summed E-state index contributed by atoms with van der Waals surface area (Å²) < 4.78 is 68.6. The van der Waals surface area contributed by atoms with Gasteiger partial charge in [0.1, 0.15) is 17.5 Å². The maximum atomic E-state index is 13.7. The van der Waals surface area contributed by atoms with E-state index in [1.165, 1.54) is 19.4 Å². The lowest BCUT2D eigenvalue weighted by molar-refractivity contribution is -0.272. The second-order valence-electron chi connectivity index (χ2n) is 6.64. The fourth-order valence-electron chi connectivity index (χ4n) is 2.87. The Labute approximate surface area is 194 Å². The van der Waals surface area contributed by atoms with Gasteiger partial charge in [-0.3, -0.25) is 4.99 Å². The van der Waals surface area contributed by atoms with Gasteiger partial charge in [-0.15, -0.1) is 24.0 Å².